The lowest BCUT2D eigenvalue weighted by molar-refractivity contribution is 0.401. The molecular weight excluding hydrogens is 225 g/mol. The number of nitrogens with two attached hydrogens (primary N) is 1. The second kappa shape index (κ2) is 6.14. The largest absolute Gasteiger partial charge is 0.327 e. The highest BCUT2D eigenvalue weighted by Gasteiger charge is 2.16. The Bertz CT molecular complexity index is 431. The van der Waals surface area contributed by atoms with E-state index in [-0.39, 0.29) is 5.82 Å². The summed E-state index contributed by atoms with van der Waals surface area (Å²) in [5.74, 6) is 0.494. The Hall–Kier alpha value is -1.15. The second-order valence-corrected chi connectivity index (χ2v) is 5.27. The lowest BCUT2D eigenvalue weighted by Crippen LogP contribution is -2.16. The van der Waals surface area contributed by atoms with Gasteiger partial charge in [0.25, 0.3) is 0 Å². The molecule has 98 valence electrons. The van der Waals surface area contributed by atoms with Crippen LogP contribution in [0.15, 0.2) is 23.8 Å². The van der Waals surface area contributed by atoms with Crippen LogP contribution in [0.5, 0.6) is 0 Å². The van der Waals surface area contributed by atoms with E-state index in [0.29, 0.717) is 18.0 Å². The van der Waals surface area contributed by atoms with E-state index in [1.165, 1.54) is 43.7 Å². The molecule has 0 amide bonds. The van der Waals surface area contributed by atoms with Crippen LogP contribution in [0.25, 0.3) is 6.08 Å². The lowest BCUT2D eigenvalue weighted by Gasteiger charge is -2.24. The molecule has 0 saturated heterocycles. The van der Waals surface area contributed by atoms with Crippen LogP contribution in [0, 0.1) is 18.7 Å². The van der Waals surface area contributed by atoms with E-state index >= 15 is 0 Å². The number of rotatable bonds is 3. The summed E-state index contributed by atoms with van der Waals surface area (Å²) in [7, 11) is 0. The molecule has 1 aliphatic rings. The highest BCUT2D eigenvalue weighted by Crippen LogP contribution is 2.30. The van der Waals surface area contributed by atoms with E-state index in [9.17, 15) is 4.39 Å². The van der Waals surface area contributed by atoms with Crippen LogP contribution in [0.4, 0.5) is 4.39 Å². The van der Waals surface area contributed by atoms with Gasteiger partial charge in [0.05, 0.1) is 0 Å². The number of hydrogen-bond acceptors (Lipinski definition) is 1. The van der Waals surface area contributed by atoms with E-state index in [1.807, 2.05) is 12.1 Å². The molecule has 0 bridgehead atoms. The fourth-order valence-electron chi connectivity index (χ4n) is 2.79. The van der Waals surface area contributed by atoms with Crippen molar-refractivity contribution in [1.82, 2.24) is 0 Å². The van der Waals surface area contributed by atoms with Crippen LogP contribution in [0.3, 0.4) is 0 Å². The van der Waals surface area contributed by atoms with E-state index in [0.717, 1.165) is 5.56 Å². The van der Waals surface area contributed by atoms with Gasteiger partial charge < -0.3 is 5.73 Å². The van der Waals surface area contributed by atoms with Crippen LogP contribution in [-0.2, 0) is 0 Å². The van der Waals surface area contributed by atoms with Crippen LogP contribution >= 0.6 is 0 Å². The predicted molar refractivity (Wildman–Crippen MR) is 74.7 cm³/mol. The predicted octanol–water partition coefficient (Wildman–Crippen LogP) is 4.06. The zero-order chi connectivity index (χ0) is 13.0. The first-order valence-corrected chi connectivity index (χ1v) is 6.87. The summed E-state index contributed by atoms with van der Waals surface area (Å²) in [5.41, 5.74) is 8.96. The Kier molecular flexibility index (Phi) is 4.54. The first-order valence-electron chi connectivity index (χ1n) is 6.87. The molecular formula is C16H22FN. The third kappa shape index (κ3) is 3.20. The van der Waals surface area contributed by atoms with Gasteiger partial charge in [-0.05, 0) is 48.9 Å². The van der Waals surface area contributed by atoms with Gasteiger partial charge in [0, 0.05) is 6.54 Å². The molecule has 2 N–H and O–H groups in total. The fourth-order valence-corrected chi connectivity index (χ4v) is 2.79. The summed E-state index contributed by atoms with van der Waals surface area (Å²) >= 11 is 0. The molecule has 18 heavy (non-hydrogen) atoms. The minimum atomic E-state index is -0.140. The molecule has 0 radical (unpaired) electrons. The minimum absolute atomic E-state index is 0.140. The summed E-state index contributed by atoms with van der Waals surface area (Å²) in [4.78, 5) is 0. The average molecular weight is 247 g/mol. The van der Waals surface area contributed by atoms with Crippen molar-refractivity contribution in [2.45, 2.75) is 39.0 Å². The topological polar surface area (TPSA) is 26.0 Å². The van der Waals surface area contributed by atoms with Gasteiger partial charge in [0.15, 0.2) is 0 Å². The van der Waals surface area contributed by atoms with Gasteiger partial charge in [-0.2, -0.15) is 0 Å². The van der Waals surface area contributed by atoms with Crippen molar-refractivity contribution in [3.63, 3.8) is 0 Å². The highest BCUT2D eigenvalue weighted by molar-refractivity contribution is 5.54. The van der Waals surface area contributed by atoms with Crippen LogP contribution in [-0.4, -0.2) is 6.54 Å². The molecule has 1 aromatic rings. The summed E-state index contributed by atoms with van der Waals surface area (Å²) in [6, 6.07) is 5.27. The van der Waals surface area contributed by atoms with Crippen molar-refractivity contribution in [1.29, 1.82) is 0 Å². The third-order valence-electron chi connectivity index (χ3n) is 3.90. The second-order valence-electron chi connectivity index (χ2n) is 5.27. The standard InChI is InChI=1S/C16H22FN/c1-12-9-13(7-8-16(12)17)10-15(11-18)14-5-3-2-4-6-14/h7-10,14H,2-6,11,18H2,1H3. The molecule has 0 unspecified atom stereocenters. The third-order valence-corrected chi connectivity index (χ3v) is 3.90. The summed E-state index contributed by atoms with van der Waals surface area (Å²) < 4.78 is 13.2. The Morgan fingerprint density at radius 2 is 2.06 bits per heavy atom. The van der Waals surface area contributed by atoms with Crippen molar-refractivity contribution in [3.8, 4) is 0 Å². The number of halogens is 1. The van der Waals surface area contributed by atoms with Crippen molar-refractivity contribution in [2.75, 3.05) is 6.54 Å². The van der Waals surface area contributed by atoms with Crippen molar-refractivity contribution >= 4 is 6.08 Å². The molecule has 0 aromatic heterocycles. The summed E-state index contributed by atoms with van der Waals surface area (Å²) in [6.07, 6.45) is 8.63. The maximum absolute atomic E-state index is 13.2. The molecule has 0 aliphatic heterocycles. The Balaban J connectivity index is 2.19. The van der Waals surface area contributed by atoms with Gasteiger partial charge in [-0.15, -0.1) is 0 Å². The molecule has 0 atom stereocenters. The molecule has 2 rings (SSSR count). The first kappa shape index (κ1) is 13.3. The Morgan fingerprint density at radius 1 is 1.33 bits per heavy atom. The van der Waals surface area contributed by atoms with Crippen LogP contribution in [0.2, 0.25) is 0 Å². The van der Waals surface area contributed by atoms with Crippen LogP contribution < -0.4 is 5.73 Å². The zero-order valence-corrected chi connectivity index (χ0v) is 11.1. The SMILES string of the molecule is Cc1cc(C=C(CN)C2CCCCC2)ccc1F. The smallest absolute Gasteiger partial charge is 0.126 e. The van der Waals surface area contributed by atoms with Gasteiger partial charge in [-0.1, -0.05) is 37.0 Å². The molecule has 2 heteroatoms. The normalized spacial score (nSPS) is 18.1. The molecule has 0 spiro atoms. The molecule has 0 heterocycles. The van der Waals surface area contributed by atoms with Gasteiger partial charge in [0.2, 0.25) is 0 Å². The van der Waals surface area contributed by atoms with Gasteiger partial charge in [-0.25, -0.2) is 4.39 Å². The van der Waals surface area contributed by atoms with Crippen molar-refractivity contribution in [2.24, 2.45) is 11.7 Å². The summed E-state index contributed by atoms with van der Waals surface area (Å²) in [6.45, 7) is 2.41. The average Bonchev–Trinajstić information content (AvgIpc) is 2.41. The first-order chi connectivity index (χ1) is 8.70. The van der Waals surface area contributed by atoms with Gasteiger partial charge >= 0.3 is 0 Å². The Morgan fingerprint density at radius 3 is 2.67 bits per heavy atom. The number of hydrogen-bond donors (Lipinski definition) is 1. The van der Waals surface area contributed by atoms with E-state index in [2.05, 4.69) is 6.08 Å². The summed E-state index contributed by atoms with van der Waals surface area (Å²) in [5, 5.41) is 0. The molecule has 1 aliphatic carbocycles. The fraction of sp³-hybridized carbons (Fsp3) is 0.500. The molecule has 1 fully saturated rings. The monoisotopic (exact) mass is 247 g/mol. The number of benzene rings is 1. The van der Waals surface area contributed by atoms with Crippen LogP contribution in [0.1, 0.15) is 43.2 Å². The maximum Gasteiger partial charge on any atom is 0.126 e. The maximum atomic E-state index is 13.2. The minimum Gasteiger partial charge on any atom is -0.327 e. The number of aryl methyl sites for hydroxylation is 1. The van der Waals surface area contributed by atoms with Gasteiger partial charge in [0.1, 0.15) is 5.82 Å². The molecule has 1 nitrogen and oxygen atoms in total. The van der Waals surface area contributed by atoms with E-state index in [4.69, 9.17) is 5.73 Å². The Labute approximate surface area is 109 Å². The van der Waals surface area contributed by atoms with Gasteiger partial charge in [-0.3, -0.25) is 0 Å². The molecule has 1 aromatic carbocycles. The van der Waals surface area contributed by atoms with Crippen molar-refractivity contribution < 1.29 is 4.39 Å². The van der Waals surface area contributed by atoms with E-state index in [1.54, 1.807) is 6.92 Å². The van der Waals surface area contributed by atoms with Crippen molar-refractivity contribution in [3.05, 3.63) is 40.7 Å². The quantitative estimate of drug-likeness (QED) is 0.856. The van der Waals surface area contributed by atoms with E-state index < -0.39 is 0 Å². The molecule has 1 saturated carbocycles. The zero-order valence-electron chi connectivity index (χ0n) is 11.1. The lowest BCUT2D eigenvalue weighted by atomic mass is 9.83. The highest BCUT2D eigenvalue weighted by atomic mass is 19.1.